The molecule has 0 bridgehead atoms. The Kier molecular flexibility index (Phi) is 4.17. The van der Waals surface area contributed by atoms with E-state index in [9.17, 15) is 4.79 Å². The van der Waals surface area contributed by atoms with E-state index in [1.54, 1.807) is 0 Å². The molecule has 3 nitrogen and oxygen atoms in total. The summed E-state index contributed by atoms with van der Waals surface area (Å²) in [6, 6.07) is 5.86. The number of likely N-dealkylation sites (N-methyl/N-ethyl adjacent to an activating group) is 1. The normalized spacial score (nSPS) is 24.0. The van der Waals surface area contributed by atoms with Crippen LogP contribution in [-0.4, -0.2) is 37.0 Å². The summed E-state index contributed by atoms with van der Waals surface area (Å²) in [5, 5.41) is 4.49. The molecule has 0 aromatic heterocycles. The van der Waals surface area contributed by atoms with Crippen molar-refractivity contribution in [3.05, 3.63) is 33.8 Å². The molecule has 1 saturated carbocycles. The zero-order valence-electron chi connectivity index (χ0n) is 12.2. The summed E-state index contributed by atoms with van der Waals surface area (Å²) in [6.07, 6.45) is 3.86. The number of nitrogens with one attached hydrogen (secondary N) is 1. The summed E-state index contributed by atoms with van der Waals surface area (Å²) in [6.45, 7) is 1.61. The van der Waals surface area contributed by atoms with Gasteiger partial charge in [-0.2, -0.15) is 0 Å². The second kappa shape index (κ2) is 5.79. The fourth-order valence-corrected chi connectivity index (χ4v) is 4.11. The summed E-state index contributed by atoms with van der Waals surface area (Å²) >= 11 is 12.7. The predicted molar refractivity (Wildman–Crippen MR) is 86.0 cm³/mol. The van der Waals surface area contributed by atoms with Gasteiger partial charge in [-0.05, 0) is 44.9 Å². The van der Waals surface area contributed by atoms with Crippen LogP contribution in [0.5, 0.6) is 0 Å². The van der Waals surface area contributed by atoms with Crippen LogP contribution in [0.15, 0.2) is 18.2 Å². The highest BCUT2D eigenvalue weighted by molar-refractivity contribution is 6.36. The van der Waals surface area contributed by atoms with Gasteiger partial charge in [-0.15, -0.1) is 0 Å². The number of rotatable bonds is 3. The van der Waals surface area contributed by atoms with Crippen molar-refractivity contribution in [1.29, 1.82) is 0 Å². The first-order valence-electron chi connectivity index (χ1n) is 7.49. The SMILES string of the molecule is CNC1CCCN(C(=O)C2(c3c(Cl)cccc3Cl)CC2)C1. The molecule has 1 amide bonds. The Hall–Kier alpha value is -0.770. The van der Waals surface area contributed by atoms with Gasteiger partial charge in [0, 0.05) is 34.7 Å². The van der Waals surface area contributed by atoms with E-state index in [1.807, 2.05) is 30.1 Å². The lowest BCUT2D eigenvalue weighted by atomic mass is 9.92. The Morgan fingerprint density at radius 3 is 2.57 bits per heavy atom. The van der Waals surface area contributed by atoms with Crippen LogP contribution in [0.3, 0.4) is 0 Å². The van der Waals surface area contributed by atoms with Crippen LogP contribution < -0.4 is 5.32 Å². The highest BCUT2D eigenvalue weighted by Gasteiger charge is 2.55. The molecule has 1 aliphatic heterocycles. The molecule has 1 aromatic rings. The van der Waals surface area contributed by atoms with Crippen molar-refractivity contribution in [2.75, 3.05) is 20.1 Å². The standard InChI is InChI=1S/C16H20Cl2N2O/c1-19-11-4-3-9-20(10-11)15(21)16(7-8-16)14-12(17)5-2-6-13(14)18/h2,5-6,11,19H,3-4,7-10H2,1H3. The average Bonchev–Trinajstić information content (AvgIpc) is 3.28. The van der Waals surface area contributed by atoms with E-state index in [0.717, 1.165) is 44.3 Å². The molecule has 21 heavy (non-hydrogen) atoms. The zero-order valence-corrected chi connectivity index (χ0v) is 13.7. The minimum atomic E-state index is -0.481. The largest absolute Gasteiger partial charge is 0.340 e. The second-order valence-electron chi connectivity index (χ2n) is 6.06. The average molecular weight is 327 g/mol. The number of benzene rings is 1. The molecule has 1 atom stereocenters. The Balaban J connectivity index is 1.87. The van der Waals surface area contributed by atoms with E-state index in [1.165, 1.54) is 0 Å². The van der Waals surface area contributed by atoms with Gasteiger partial charge in [-0.25, -0.2) is 0 Å². The summed E-state index contributed by atoms with van der Waals surface area (Å²) in [4.78, 5) is 15.0. The van der Waals surface area contributed by atoms with Gasteiger partial charge in [0.1, 0.15) is 0 Å². The van der Waals surface area contributed by atoms with Crippen LogP contribution in [-0.2, 0) is 10.2 Å². The highest BCUT2D eigenvalue weighted by Crippen LogP contribution is 2.54. The molecule has 3 rings (SSSR count). The number of piperidine rings is 1. The minimum Gasteiger partial charge on any atom is -0.340 e. The first-order chi connectivity index (χ1) is 10.1. The van der Waals surface area contributed by atoms with E-state index in [4.69, 9.17) is 23.2 Å². The molecule has 1 N–H and O–H groups in total. The fourth-order valence-electron chi connectivity index (χ4n) is 3.35. The van der Waals surface area contributed by atoms with Crippen LogP contribution in [0.1, 0.15) is 31.2 Å². The van der Waals surface area contributed by atoms with Crippen molar-refractivity contribution in [1.82, 2.24) is 10.2 Å². The molecule has 5 heteroatoms. The molecule has 0 spiro atoms. The van der Waals surface area contributed by atoms with Gasteiger partial charge in [-0.3, -0.25) is 4.79 Å². The zero-order chi connectivity index (χ0) is 15.0. The van der Waals surface area contributed by atoms with Crippen molar-refractivity contribution < 1.29 is 4.79 Å². The molecule has 114 valence electrons. The Labute approximate surface area is 135 Å². The maximum absolute atomic E-state index is 13.0. The van der Waals surface area contributed by atoms with Crippen molar-refractivity contribution in [2.45, 2.75) is 37.1 Å². The van der Waals surface area contributed by atoms with Crippen LogP contribution in [0.4, 0.5) is 0 Å². The van der Waals surface area contributed by atoms with Crippen molar-refractivity contribution in [3.63, 3.8) is 0 Å². The van der Waals surface area contributed by atoms with Gasteiger partial charge in [0.15, 0.2) is 0 Å². The second-order valence-corrected chi connectivity index (χ2v) is 6.87. The maximum Gasteiger partial charge on any atom is 0.233 e. The smallest absolute Gasteiger partial charge is 0.233 e. The molecule has 0 radical (unpaired) electrons. The summed E-state index contributed by atoms with van der Waals surface area (Å²) in [5.74, 6) is 0.192. The molecule has 1 aromatic carbocycles. The quantitative estimate of drug-likeness (QED) is 0.924. The molecule has 1 heterocycles. The number of hydrogen-bond acceptors (Lipinski definition) is 2. The lowest BCUT2D eigenvalue weighted by molar-refractivity contribution is -0.135. The van der Waals surface area contributed by atoms with Crippen LogP contribution in [0.25, 0.3) is 0 Å². The molecule has 1 aliphatic carbocycles. The number of nitrogens with zero attached hydrogens (tertiary/aromatic N) is 1. The summed E-state index contributed by atoms with van der Waals surface area (Å²) in [7, 11) is 1.95. The monoisotopic (exact) mass is 326 g/mol. The van der Waals surface area contributed by atoms with Gasteiger partial charge >= 0.3 is 0 Å². The molecule has 2 fully saturated rings. The third kappa shape index (κ3) is 2.67. The van der Waals surface area contributed by atoms with Gasteiger partial charge in [0.05, 0.1) is 5.41 Å². The number of hydrogen-bond donors (Lipinski definition) is 1. The van der Waals surface area contributed by atoms with E-state index < -0.39 is 5.41 Å². The van der Waals surface area contributed by atoms with Crippen LogP contribution >= 0.6 is 23.2 Å². The number of likely N-dealkylation sites (tertiary alicyclic amines) is 1. The van der Waals surface area contributed by atoms with E-state index in [-0.39, 0.29) is 5.91 Å². The maximum atomic E-state index is 13.0. The first-order valence-corrected chi connectivity index (χ1v) is 8.25. The van der Waals surface area contributed by atoms with Crippen LogP contribution in [0.2, 0.25) is 10.0 Å². The van der Waals surface area contributed by atoms with E-state index in [0.29, 0.717) is 16.1 Å². The Morgan fingerprint density at radius 2 is 2.00 bits per heavy atom. The van der Waals surface area contributed by atoms with Crippen LogP contribution in [0, 0.1) is 0 Å². The Bertz CT molecular complexity index is 537. The number of carbonyl (C=O) groups excluding carboxylic acids is 1. The van der Waals surface area contributed by atoms with Crippen molar-refractivity contribution in [2.24, 2.45) is 0 Å². The summed E-state index contributed by atoms with van der Waals surface area (Å²) in [5.41, 5.74) is 0.343. The van der Waals surface area contributed by atoms with Gasteiger partial charge in [0.25, 0.3) is 0 Å². The van der Waals surface area contributed by atoms with Gasteiger partial charge < -0.3 is 10.2 Å². The number of halogens is 2. The van der Waals surface area contributed by atoms with Crippen molar-refractivity contribution >= 4 is 29.1 Å². The van der Waals surface area contributed by atoms with Gasteiger partial charge in [-0.1, -0.05) is 29.3 Å². The topological polar surface area (TPSA) is 32.3 Å². The third-order valence-corrected chi connectivity index (χ3v) is 5.35. The van der Waals surface area contributed by atoms with E-state index >= 15 is 0 Å². The Morgan fingerprint density at radius 1 is 1.33 bits per heavy atom. The fraction of sp³-hybridized carbons (Fsp3) is 0.562. The molecular weight excluding hydrogens is 307 g/mol. The minimum absolute atomic E-state index is 0.192. The molecule has 1 saturated heterocycles. The summed E-state index contributed by atoms with van der Waals surface area (Å²) < 4.78 is 0. The number of carbonyl (C=O) groups is 1. The molecule has 2 aliphatic rings. The lowest BCUT2D eigenvalue weighted by Crippen LogP contribution is -2.50. The highest BCUT2D eigenvalue weighted by atomic mass is 35.5. The lowest BCUT2D eigenvalue weighted by Gasteiger charge is -2.35. The predicted octanol–water partition coefficient (Wildman–Crippen LogP) is 3.24. The van der Waals surface area contributed by atoms with Crippen molar-refractivity contribution in [3.8, 4) is 0 Å². The number of amides is 1. The first kappa shape index (κ1) is 15.1. The van der Waals surface area contributed by atoms with E-state index in [2.05, 4.69) is 5.32 Å². The van der Waals surface area contributed by atoms with Gasteiger partial charge in [0.2, 0.25) is 5.91 Å². The molecule has 1 unspecified atom stereocenters. The third-order valence-electron chi connectivity index (χ3n) is 4.72. The molecular formula is C16H20Cl2N2O.